The van der Waals surface area contributed by atoms with Gasteiger partial charge in [-0.25, -0.2) is 0 Å². The molecule has 4 nitrogen and oxygen atoms in total. The number of ether oxygens (including phenoxy) is 2. The van der Waals surface area contributed by atoms with Crippen LogP contribution in [0.4, 0.5) is 0 Å². The number of aliphatic hydroxyl groups excluding tert-OH is 2. The fourth-order valence-electron chi connectivity index (χ4n) is 1.32. The highest BCUT2D eigenvalue weighted by molar-refractivity contribution is 4.74. The third-order valence-electron chi connectivity index (χ3n) is 1.99. The van der Waals surface area contributed by atoms with Gasteiger partial charge in [-0.15, -0.1) is 0 Å². The van der Waals surface area contributed by atoms with Crippen LogP contribution in [0.3, 0.4) is 0 Å². The van der Waals surface area contributed by atoms with Crippen LogP contribution < -0.4 is 0 Å². The van der Waals surface area contributed by atoms with Gasteiger partial charge in [0.15, 0.2) is 6.29 Å². The minimum atomic E-state index is -0.549. The van der Waals surface area contributed by atoms with Gasteiger partial charge in [0.1, 0.15) is 6.10 Å². The van der Waals surface area contributed by atoms with Crippen molar-refractivity contribution in [3.05, 3.63) is 0 Å². The SMILES string of the molecule is CCO[C@H]1CC[C@H](O)[C@@H](CO)O1. The predicted octanol–water partition coefficient (Wildman–Crippen LogP) is -0.119. The van der Waals surface area contributed by atoms with Crippen molar-refractivity contribution in [2.24, 2.45) is 0 Å². The van der Waals surface area contributed by atoms with Gasteiger partial charge >= 0.3 is 0 Å². The number of hydrogen-bond acceptors (Lipinski definition) is 4. The molecule has 72 valence electrons. The van der Waals surface area contributed by atoms with E-state index in [1.54, 1.807) is 0 Å². The van der Waals surface area contributed by atoms with Gasteiger partial charge in [-0.1, -0.05) is 0 Å². The van der Waals surface area contributed by atoms with Gasteiger partial charge in [0.25, 0.3) is 0 Å². The zero-order valence-electron chi connectivity index (χ0n) is 7.27. The van der Waals surface area contributed by atoms with Crippen molar-refractivity contribution >= 4 is 0 Å². The van der Waals surface area contributed by atoms with Crippen molar-refractivity contribution in [1.29, 1.82) is 0 Å². The third kappa shape index (κ3) is 2.42. The molecule has 1 fully saturated rings. The molecule has 3 atom stereocenters. The molecule has 2 N–H and O–H groups in total. The summed E-state index contributed by atoms with van der Waals surface area (Å²) in [6.45, 7) is 2.34. The van der Waals surface area contributed by atoms with Crippen LogP contribution >= 0.6 is 0 Å². The average Bonchev–Trinajstić information content (AvgIpc) is 2.09. The van der Waals surface area contributed by atoms with Gasteiger partial charge < -0.3 is 19.7 Å². The molecule has 12 heavy (non-hydrogen) atoms. The van der Waals surface area contributed by atoms with E-state index in [0.29, 0.717) is 19.4 Å². The molecule has 1 heterocycles. The Kier molecular flexibility index (Phi) is 3.94. The maximum absolute atomic E-state index is 9.31. The molecule has 0 aromatic rings. The molecule has 0 radical (unpaired) electrons. The summed E-state index contributed by atoms with van der Waals surface area (Å²) < 4.78 is 10.5. The lowest BCUT2D eigenvalue weighted by atomic mass is 10.1. The Labute approximate surface area is 72.1 Å². The van der Waals surface area contributed by atoms with Crippen LogP contribution in [0.5, 0.6) is 0 Å². The van der Waals surface area contributed by atoms with Crippen LogP contribution in [0.15, 0.2) is 0 Å². The first-order chi connectivity index (χ1) is 5.77. The topological polar surface area (TPSA) is 58.9 Å². The maximum Gasteiger partial charge on any atom is 0.158 e. The molecule has 0 spiro atoms. The molecule has 0 saturated carbocycles. The van der Waals surface area contributed by atoms with Gasteiger partial charge in [0, 0.05) is 13.0 Å². The van der Waals surface area contributed by atoms with E-state index in [-0.39, 0.29) is 12.9 Å². The largest absolute Gasteiger partial charge is 0.394 e. The second-order valence-electron chi connectivity index (χ2n) is 2.89. The van der Waals surface area contributed by atoms with Gasteiger partial charge in [-0.2, -0.15) is 0 Å². The molecule has 0 unspecified atom stereocenters. The molecule has 1 saturated heterocycles. The first kappa shape index (κ1) is 9.92. The summed E-state index contributed by atoms with van der Waals surface area (Å²) in [6, 6.07) is 0. The summed E-state index contributed by atoms with van der Waals surface area (Å²) in [5.74, 6) is 0. The Morgan fingerprint density at radius 3 is 2.83 bits per heavy atom. The first-order valence-electron chi connectivity index (χ1n) is 4.34. The molecule has 1 aliphatic rings. The fourth-order valence-corrected chi connectivity index (χ4v) is 1.32. The van der Waals surface area contributed by atoms with Crippen molar-refractivity contribution in [3.8, 4) is 0 Å². The molecular formula is C8H16O4. The van der Waals surface area contributed by atoms with Gasteiger partial charge in [-0.3, -0.25) is 0 Å². The minimum Gasteiger partial charge on any atom is -0.394 e. The molecule has 0 aromatic carbocycles. The van der Waals surface area contributed by atoms with Crippen LogP contribution in [-0.4, -0.2) is 41.9 Å². The van der Waals surface area contributed by atoms with E-state index >= 15 is 0 Å². The summed E-state index contributed by atoms with van der Waals surface area (Å²) in [5, 5.41) is 18.1. The Balaban J connectivity index is 2.33. The van der Waals surface area contributed by atoms with Crippen LogP contribution in [-0.2, 0) is 9.47 Å². The normalized spacial score (nSPS) is 36.8. The van der Waals surface area contributed by atoms with Gasteiger partial charge in [0.05, 0.1) is 12.7 Å². The summed E-state index contributed by atoms with van der Waals surface area (Å²) in [7, 11) is 0. The molecule has 4 heteroatoms. The fraction of sp³-hybridized carbons (Fsp3) is 1.00. The Bertz CT molecular complexity index is 128. The Hall–Kier alpha value is -0.160. The minimum absolute atomic E-state index is 0.148. The molecule has 0 aromatic heterocycles. The average molecular weight is 176 g/mol. The lowest BCUT2D eigenvalue weighted by Crippen LogP contribution is -2.42. The van der Waals surface area contributed by atoms with Crippen molar-refractivity contribution < 1.29 is 19.7 Å². The zero-order valence-corrected chi connectivity index (χ0v) is 7.27. The van der Waals surface area contributed by atoms with E-state index < -0.39 is 12.2 Å². The third-order valence-corrected chi connectivity index (χ3v) is 1.99. The standard InChI is InChI=1S/C8H16O4/c1-2-11-8-4-3-6(10)7(5-9)12-8/h6-10H,2-5H2,1H3/t6-,7+,8+/m0/s1. The highest BCUT2D eigenvalue weighted by atomic mass is 16.7. The van der Waals surface area contributed by atoms with Crippen LogP contribution in [0.2, 0.25) is 0 Å². The molecular weight excluding hydrogens is 160 g/mol. The highest BCUT2D eigenvalue weighted by Gasteiger charge is 2.29. The Morgan fingerprint density at radius 2 is 2.25 bits per heavy atom. The molecule has 0 aliphatic carbocycles. The number of aliphatic hydroxyl groups is 2. The quantitative estimate of drug-likeness (QED) is 0.629. The van der Waals surface area contributed by atoms with E-state index in [9.17, 15) is 5.11 Å². The lowest BCUT2D eigenvalue weighted by Gasteiger charge is -2.32. The zero-order chi connectivity index (χ0) is 8.97. The van der Waals surface area contributed by atoms with Crippen molar-refractivity contribution in [2.75, 3.05) is 13.2 Å². The van der Waals surface area contributed by atoms with E-state index in [1.807, 2.05) is 6.92 Å². The van der Waals surface area contributed by atoms with Crippen LogP contribution in [0.1, 0.15) is 19.8 Å². The molecule has 0 bridgehead atoms. The van der Waals surface area contributed by atoms with E-state index in [0.717, 1.165) is 0 Å². The predicted molar refractivity (Wildman–Crippen MR) is 42.6 cm³/mol. The van der Waals surface area contributed by atoms with Crippen molar-refractivity contribution in [1.82, 2.24) is 0 Å². The van der Waals surface area contributed by atoms with Crippen molar-refractivity contribution in [3.63, 3.8) is 0 Å². The number of rotatable bonds is 3. The molecule has 1 aliphatic heterocycles. The molecule has 0 amide bonds. The highest BCUT2D eigenvalue weighted by Crippen LogP contribution is 2.19. The van der Waals surface area contributed by atoms with Crippen LogP contribution in [0.25, 0.3) is 0 Å². The summed E-state index contributed by atoms with van der Waals surface area (Å²) >= 11 is 0. The summed E-state index contributed by atoms with van der Waals surface area (Å²) in [4.78, 5) is 0. The van der Waals surface area contributed by atoms with Gasteiger partial charge in [0.2, 0.25) is 0 Å². The van der Waals surface area contributed by atoms with E-state index in [2.05, 4.69) is 0 Å². The summed E-state index contributed by atoms with van der Waals surface area (Å²) in [6.07, 6.45) is 0.0547. The summed E-state index contributed by atoms with van der Waals surface area (Å²) in [5.41, 5.74) is 0. The second kappa shape index (κ2) is 4.77. The smallest absolute Gasteiger partial charge is 0.158 e. The van der Waals surface area contributed by atoms with E-state index in [4.69, 9.17) is 14.6 Å². The lowest BCUT2D eigenvalue weighted by molar-refractivity contribution is -0.227. The first-order valence-corrected chi connectivity index (χ1v) is 4.34. The number of hydrogen-bond donors (Lipinski definition) is 2. The van der Waals surface area contributed by atoms with Crippen molar-refractivity contribution in [2.45, 2.75) is 38.3 Å². The van der Waals surface area contributed by atoms with Crippen LogP contribution in [0, 0.1) is 0 Å². The monoisotopic (exact) mass is 176 g/mol. The van der Waals surface area contributed by atoms with Gasteiger partial charge in [-0.05, 0) is 13.3 Å². The molecule has 1 rings (SSSR count). The Morgan fingerprint density at radius 1 is 1.50 bits per heavy atom. The van der Waals surface area contributed by atoms with E-state index in [1.165, 1.54) is 0 Å². The maximum atomic E-state index is 9.31. The second-order valence-corrected chi connectivity index (χ2v) is 2.89.